The number of rotatable bonds is 5. The predicted octanol–water partition coefficient (Wildman–Crippen LogP) is 3.45. The normalized spacial score (nSPS) is 11.6. The molecule has 0 unspecified atom stereocenters. The zero-order valence-electron chi connectivity index (χ0n) is 12.4. The summed E-state index contributed by atoms with van der Waals surface area (Å²) < 4.78 is 18.4. The fraction of sp³-hybridized carbons (Fsp3) is 0.176. The molecule has 0 aliphatic rings. The van der Waals surface area contributed by atoms with Crippen molar-refractivity contribution in [2.75, 3.05) is 0 Å². The van der Waals surface area contributed by atoms with Crippen molar-refractivity contribution in [3.8, 4) is 0 Å². The Morgan fingerprint density at radius 2 is 1.91 bits per heavy atom. The molecule has 1 N–H and O–H groups in total. The van der Waals surface area contributed by atoms with Crippen LogP contribution in [0, 0.1) is 5.82 Å². The van der Waals surface area contributed by atoms with Crippen LogP contribution in [0.15, 0.2) is 53.0 Å². The lowest BCUT2D eigenvalue weighted by Gasteiger charge is -2.14. The van der Waals surface area contributed by atoms with Crippen molar-refractivity contribution >= 4 is 27.8 Å². The van der Waals surface area contributed by atoms with Gasteiger partial charge in [-0.3, -0.25) is 4.79 Å². The van der Waals surface area contributed by atoms with Gasteiger partial charge in [-0.25, -0.2) is 9.18 Å². The number of carbonyl (C=O) groups excluding carboxylic acids is 2. The Kier molecular flexibility index (Phi) is 5.87. The Balaban J connectivity index is 1.91. The minimum atomic E-state index is -0.955. The highest BCUT2D eigenvalue weighted by Crippen LogP contribution is 2.19. The third-order valence-corrected chi connectivity index (χ3v) is 3.77. The van der Waals surface area contributed by atoms with Gasteiger partial charge in [0.15, 0.2) is 6.10 Å². The first-order chi connectivity index (χ1) is 11.0. The molecule has 1 amide bonds. The quantitative estimate of drug-likeness (QED) is 0.809. The van der Waals surface area contributed by atoms with Crippen molar-refractivity contribution in [1.29, 1.82) is 0 Å². The van der Waals surface area contributed by atoms with Gasteiger partial charge in [-0.2, -0.15) is 0 Å². The van der Waals surface area contributed by atoms with E-state index in [4.69, 9.17) is 4.74 Å². The maximum absolute atomic E-state index is 13.0. The lowest BCUT2D eigenvalue weighted by Crippen LogP contribution is -2.35. The molecule has 23 heavy (non-hydrogen) atoms. The molecule has 0 heterocycles. The van der Waals surface area contributed by atoms with Gasteiger partial charge in [0.05, 0.1) is 5.56 Å². The van der Waals surface area contributed by atoms with Crippen LogP contribution in [0.1, 0.15) is 22.8 Å². The van der Waals surface area contributed by atoms with E-state index in [0.29, 0.717) is 6.54 Å². The zero-order chi connectivity index (χ0) is 16.8. The van der Waals surface area contributed by atoms with Gasteiger partial charge in [0.1, 0.15) is 5.82 Å². The van der Waals surface area contributed by atoms with E-state index in [2.05, 4.69) is 21.2 Å². The van der Waals surface area contributed by atoms with Crippen LogP contribution in [0.2, 0.25) is 0 Å². The molecule has 0 fully saturated rings. The van der Waals surface area contributed by atoms with Crippen LogP contribution in [0.5, 0.6) is 0 Å². The predicted molar refractivity (Wildman–Crippen MR) is 87.3 cm³/mol. The Labute approximate surface area is 141 Å². The fourth-order valence-electron chi connectivity index (χ4n) is 1.86. The Bertz CT molecular complexity index is 706. The molecule has 4 nitrogen and oxygen atoms in total. The highest BCUT2D eigenvalue weighted by atomic mass is 79.9. The highest BCUT2D eigenvalue weighted by Gasteiger charge is 2.20. The number of amides is 1. The summed E-state index contributed by atoms with van der Waals surface area (Å²) in [5.74, 6) is -1.57. The van der Waals surface area contributed by atoms with Crippen LogP contribution in [0.25, 0.3) is 0 Å². The molecule has 2 rings (SSSR count). The van der Waals surface area contributed by atoms with E-state index in [1.807, 2.05) is 30.3 Å². The van der Waals surface area contributed by atoms with Crippen LogP contribution in [-0.4, -0.2) is 18.0 Å². The molecule has 1 atom stereocenters. The van der Waals surface area contributed by atoms with Crippen molar-refractivity contribution in [3.63, 3.8) is 0 Å². The standard InChI is InChI=1S/C17H15BrFNO3/c1-11(16(21)20-10-12-5-3-2-4-6-12)23-17(22)14-8-7-13(19)9-15(14)18/h2-9,11H,10H2,1H3,(H,20,21)/t11-/m1/s1. The summed E-state index contributed by atoms with van der Waals surface area (Å²) in [6.07, 6.45) is -0.955. The van der Waals surface area contributed by atoms with Gasteiger partial charge in [0, 0.05) is 11.0 Å². The second-order valence-electron chi connectivity index (χ2n) is 4.88. The smallest absolute Gasteiger partial charge is 0.340 e. The lowest BCUT2D eigenvalue weighted by molar-refractivity contribution is -0.129. The molecule has 2 aromatic carbocycles. The van der Waals surface area contributed by atoms with Crippen LogP contribution >= 0.6 is 15.9 Å². The SMILES string of the molecule is C[C@@H](OC(=O)c1ccc(F)cc1Br)C(=O)NCc1ccccc1. The number of carbonyl (C=O) groups is 2. The van der Waals surface area contributed by atoms with Gasteiger partial charge in [0.25, 0.3) is 5.91 Å². The number of esters is 1. The second kappa shape index (κ2) is 7.87. The van der Waals surface area contributed by atoms with Crippen molar-refractivity contribution in [3.05, 3.63) is 69.9 Å². The summed E-state index contributed by atoms with van der Waals surface area (Å²) in [4.78, 5) is 24.0. The molecule has 2 aromatic rings. The summed E-state index contributed by atoms with van der Waals surface area (Å²) in [7, 11) is 0. The van der Waals surface area contributed by atoms with Crippen molar-refractivity contribution in [1.82, 2.24) is 5.32 Å². The number of hydrogen-bond acceptors (Lipinski definition) is 3. The number of nitrogens with one attached hydrogen (secondary N) is 1. The number of hydrogen-bond donors (Lipinski definition) is 1. The average molecular weight is 380 g/mol. The molecule has 6 heteroatoms. The molecule has 0 aliphatic carbocycles. The Morgan fingerprint density at radius 3 is 2.57 bits per heavy atom. The molecule has 120 valence electrons. The Morgan fingerprint density at radius 1 is 1.22 bits per heavy atom. The van der Waals surface area contributed by atoms with Crippen molar-refractivity contribution in [2.24, 2.45) is 0 Å². The van der Waals surface area contributed by atoms with E-state index in [1.165, 1.54) is 13.0 Å². The van der Waals surface area contributed by atoms with Crippen LogP contribution in [-0.2, 0) is 16.1 Å². The van der Waals surface area contributed by atoms with E-state index < -0.39 is 23.8 Å². The molecule has 0 radical (unpaired) electrons. The highest BCUT2D eigenvalue weighted by molar-refractivity contribution is 9.10. The molecule has 0 spiro atoms. The molecular formula is C17H15BrFNO3. The molecule has 0 saturated heterocycles. The second-order valence-corrected chi connectivity index (χ2v) is 5.73. The third kappa shape index (κ3) is 4.89. The molecule has 0 bridgehead atoms. The summed E-state index contributed by atoms with van der Waals surface area (Å²) in [6.45, 7) is 1.83. The van der Waals surface area contributed by atoms with Crippen molar-refractivity contribution in [2.45, 2.75) is 19.6 Å². The molecule has 0 aromatic heterocycles. The summed E-state index contributed by atoms with van der Waals surface area (Å²) in [5, 5.41) is 2.69. The Hall–Kier alpha value is -2.21. The topological polar surface area (TPSA) is 55.4 Å². The third-order valence-electron chi connectivity index (χ3n) is 3.11. The van der Waals surface area contributed by atoms with Crippen LogP contribution in [0.3, 0.4) is 0 Å². The average Bonchev–Trinajstić information content (AvgIpc) is 2.53. The van der Waals surface area contributed by atoms with Gasteiger partial charge in [-0.05, 0) is 46.6 Å². The minimum absolute atomic E-state index is 0.161. The summed E-state index contributed by atoms with van der Waals surface area (Å²) >= 11 is 3.09. The first-order valence-corrected chi connectivity index (χ1v) is 7.74. The first-order valence-electron chi connectivity index (χ1n) is 6.95. The van der Waals surface area contributed by atoms with E-state index >= 15 is 0 Å². The maximum atomic E-state index is 13.0. The van der Waals surface area contributed by atoms with Gasteiger partial charge in [-0.1, -0.05) is 30.3 Å². The summed E-state index contributed by atoms with van der Waals surface area (Å²) in [5.41, 5.74) is 1.11. The summed E-state index contributed by atoms with van der Waals surface area (Å²) in [6, 6.07) is 13.0. The number of halogens is 2. The zero-order valence-corrected chi connectivity index (χ0v) is 14.0. The molecular weight excluding hydrogens is 365 g/mol. The largest absolute Gasteiger partial charge is 0.449 e. The minimum Gasteiger partial charge on any atom is -0.449 e. The first kappa shape index (κ1) is 17.1. The van der Waals surface area contributed by atoms with Crippen LogP contribution < -0.4 is 5.32 Å². The number of ether oxygens (including phenoxy) is 1. The van der Waals surface area contributed by atoms with E-state index in [0.717, 1.165) is 17.7 Å². The van der Waals surface area contributed by atoms with Gasteiger partial charge < -0.3 is 10.1 Å². The van der Waals surface area contributed by atoms with Gasteiger partial charge >= 0.3 is 5.97 Å². The number of benzene rings is 2. The van der Waals surface area contributed by atoms with Crippen molar-refractivity contribution < 1.29 is 18.7 Å². The van der Waals surface area contributed by atoms with Gasteiger partial charge in [-0.15, -0.1) is 0 Å². The lowest BCUT2D eigenvalue weighted by atomic mass is 10.2. The molecule has 0 saturated carbocycles. The monoisotopic (exact) mass is 379 g/mol. The molecule has 0 aliphatic heterocycles. The fourth-order valence-corrected chi connectivity index (χ4v) is 2.37. The van der Waals surface area contributed by atoms with Crippen LogP contribution in [0.4, 0.5) is 4.39 Å². The van der Waals surface area contributed by atoms with Gasteiger partial charge in [0.2, 0.25) is 0 Å². The van der Waals surface area contributed by atoms with E-state index in [9.17, 15) is 14.0 Å². The van der Waals surface area contributed by atoms with E-state index in [-0.39, 0.29) is 10.0 Å². The van der Waals surface area contributed by atoms with E-state index in [1.54, 1.807) is 0 Å². The maximum Gasteiger partial charge on any atom is 0.340 e.